The quantitative estimate of drug-likeness (QED) is 0.371. The van der Waals surface area contributed by atoms with E-state index in [-0.39, 0.29) is 4.87 Å². The van der Waals surface area contributed by atoms with E-state index in [9.17, 15) is 9.36 Å². The second-order valence-electron chi connectivity index (χ2n) is 4.90. The lowest BCUT2D eigenvalue weighted by Crippen LogP contribution is -1.88. The summed E-state index contributed by atoms with van der Waals surface area (Å²) in [5, 5.41) is 4.94. The maximum Gasteiger partial charge on any atom is 0.339 e. The number of nitrogens with zero attached hydrogens (tertiary/aromatic N) is 7. The Morgan fingerprint density at radius 1 is 0.966 bits per heavy atom. The number of aromatic nitrogens is 8. The first-order valence-electron chi connectivity index (χ1n) is 7.22. The summed E-state index contributed by atoms with van der Waals surface area (Å²) in [5.74, 6) is 1.25. The van der Waals surface area contributed by atoms with E-state index in [0.29, 0.717) is 16.1 Å². The first kappa shape index (κ1) is 24.0. The second kappa shape index (κ2) is 10.7. The van der Waals surface area contributed by atoms with Crippen LogP contribution in [0, 0.1) is 0 Å². The van der Waals surface area contributed by atoms with E-state index < -0.39 is 5.20 Å². The third-order valence-electron chi connectivity index (χ3n) is 2.64. The molecule has 0 saturated carbocycles. The normalized spacial score (nSPS) is 10.7. The number of H-pyrrole nitrogens is 1. The third kappa shape index (κ3) is 8.95. The Morgan fingerprint density at radius 3 is 1.83 bits per heavy atom. The van der Waals surface area contributed by atoms with E-state index in [4.69, 9.17) is 11.6 Å². The van der Waals surface area contributed by atoms with Crippen molar-refractivity contribution in [1.82, 2.24) is 39.5 Å². The van der Waals surface area contributed by atoms with E-state index in [1.165, 1.54) is 11.3 Å². The van der Waals surface area contributed by atoms with Crippen molar-refractivity contribution in [2.45, 2.75) is 0 Å². The molecule has 0 aliphatic rings. The third-order valence-corrected chi connectivity index (χ3v) is 4.58. The van der Waals surface area contributed by atoms with Crippen LogP contribution >= 0.6 is 73.2 Å². The Bertz CT molecular complexity index is 1120. The molecular weight excluding hydrogens is 525 g/mol. The molecule has 0 aliphatic carbocycles. The summed E-state index contributed by atoms with van der Waals surface area (Å²) < 4.78 is 13.3. The minimum atomic E-state index is -3.22. The van der Waals surface area contributed by atoms with E-state index in [0.717, 1.165) is 21.1 Å². The van der Waals surface area contributed by atoms with Gasteiger partial charge in [-0.3, -0.25) is 18.7 Å². The first-order chi connectivity index (χ1) is 13.5. The Morgan fingerprint density at radius 2 is 1.48 bits per heavy atom. The van der Waals surface area contributed by atoms with Gasteiger partial charge in [0.05, 0.1) is 16.0 Å². The smallest absolute Gasteiger partial charge is 0.319 e. The molecule has 0 aliphatic heterocycles. The van der Waals surface area contributed by atoms with Crippen LogP contribution in [0.5, 0.6) is 0 Å². The lowest BCUT2D eigenvalue weighted by molar-refractivity contribution is 0.600. The van der Waals surface area contributed by atoms with E-state index >= 15 is 0 Å². The lowest BCUT2D eigenvalue weighted by atomic mass is 10.5. The molecule has 1 N–H and O–H groups in total. The van der Waals surface area contributed by atoms with Gasteiger partial charge in [-0.15, -0.1) is 0 Å². The second-order valence-corrected chi connectivity index (χ2v) is 14.2. The summed E-state index contributed by atoms with van der Waals surface area (Å²) in [4.78, 5) is 26.9. The lowest BCUT2D eigenvalue weighted by Gasteiger charge is -1.83. The molecular formula is C12H11Cl4N8O2PS2. The molecule has 4 aromatic rings. The Labute approximate surface area is 191 Å². The van der Waals surface area contributed by atoms with Crippen LogP contribution in [0.1, 0.15) is 0 Å². The summed E-state index contributed by atoms with van der Waals surface area (Å²) in [6.45, 7) is 0. The summed E-state index contributed by atoms with van der Waals surface area (Å²) in [6, 6.07) is 0. The number of nitrogens with one attached hydrogen (secondary N) is 1. The van der Waals surface area contributed by atoms with Crippen molar-refractivity contribution in [3.63, 3.8) is 0 Å². The molecule has 0 atom stereocenters. The van der Waals surface area contributed by atoms with Crippen molar-refractivity contribution in [1.29, 1.82) is 0 Å². The average Bonchev–Trinajstić information content (AvgIpc) is 3.35. The van der Waals surface area contributed by atoms with Crippen LogP contribution in [0.25, 0.3) is 21.4 Å². The fourth-order valence-corrected chi connectivity index (χ4v) is 3.15. The van der Waals surface area contributed by atoms with Crippen LogP contribution < -0.4 is 4.87 Å². The van der Waals surface area contributed by atoms with Crippen LogP contribution in [0.2, 0.25) is 4.47 Å². The minimum absolute atomic E-state index is 0.0857. The molecule has 17 heteroatoms. The van der Waals surface area contributed by atoms with Crippen LogP contribution in [-0.2, 0) is 18.7 Å². The number of aryl methyl sites for hydroxylation is 2. The molecule has 4 aromatic heterocycles. The Balaban J connectivity index is 0.000000170. The van der Waals surface area contributed by atoms with Gasteiger partial charge in [0.1, 0.15) is 12.7 Å². The molecule has 0 amide bonds. The molecule has 4 rings (SSSR count). The van der Waals surface area contributed by atoms with Crippen molar-refractivity contribution in [2.75, 3.05) is 0 Å². The highest BCUT2D eigenvalue weighted by atomic mass is 36.0. The Hall–Kier alpha value is -1.27. The topological polar surface area (TPSA) is 124 Å². The molecule has 156 valence electrons. The summed E-state index contributed by atoms with van der Waals surface area (Å²) in [6.07, 6.45) is 6.52. The minimum Gasteiger partial charge on any atom is -0.319 e. The zero-order valence-corrected chi connectivity index (χ0v) is 20.1. The molecule has 0 saturated heterocycles. The largest absolute Gasteiger partial charge is 0.339 e. The van der Waals surface area contributed by atoms with E-state index in [1.54, 1.807) is 41.5 Å². The summed E-state index contributed by atoms with van der Waals surface area (Å²) in [5.41, 5.74) is 0. The highest BCUT2D eigenvalue weighted by Crippen LogP contribution is 2.61. The Kier molecular flexibility index (Phi) is 8.83. The van der Waals surface area contributed by atoms with Gasteiger partial charge < -0.3 is 4.98 Å². The molecule has 10 nitrogen and oxygen atoms in total. The number of hydrogen-bond acceptors (Lipinski definition) is 9. The molecule has 0 aromatic carbocycles. The summed E-state index contributed by atoms with van der Waals surface area (Å²) >= 11 is 22.0. The van der Waals surface area contributed by atoms with Crippen molar-refractivity contribution in [3.8, 4) is 21.4 Å². The number of aromatic amines is 1. The van der Waals surface area contributed by atoms with Crippen LogP contribution in [-0.4, -0.2) is 39.5 Å². The first-order valence-corrected chi connectivity index (χ1v) is 13.7. The van der Waals surface area contributed by atoms with Crippen molar-refractivity contribution in [2.24, 2.45) is 14.1 Å². The van der Waals surface area contributed by atoms with Crippen LogP contribution in [0.15, 0.2) is 29.8 Å². The predicted molar refractivity (Wildman–Crippen MR) is 117 cm³/mol. The number of halogens is 4. The van der Waals surface area contributed by atoms with Crippen molar-refractivity contribution >= 4 is 73.2 Å². The number of thiazole rings is 2. The molecule has 4 heterocycles. The van der Waals surface area contributed by atoms with E-state index in [2.05, 4.69) is 63.9 Å². The van der Waals surface area contributed by atoms with Gasteiger partial charge in [0, 0.05) is 20.3 Å². The maximum atomic E-state index is 10.8. The monoisotopic (exact) mass is 534 g/mol. The van der Waals surface area contributed by atoms with Gasteiger partial charge in [-0.1, -0.05) is 34.3 Å². The van der Waals surface area contributed by atoms with Crippen molar-refractivity contribution in [3.05, 3.63) is 39.2 Å². The van der Waals surface area contributed by atoms with Crippen molar-refractivity contribution < 1.29 is 4.57 Å². The van der Waals surface area contributed by atoms with Crippen LogP contribution in [0.3, 0.4) is 0 Å². The molecule has 0 unspecified atom stereocenters. The van der Waals surface area contributed by atoms with Gasteiger partial charge in [-0.05, 0) is 33.7 Å². The van der Waals surface area contributed by atoms with Gasteiger partial charge in [0.25, 0.3) is 0 Å². The van der Waals surface area contributed by atoms with Gasteiger partial charge in [0.15, 0.2) is 16.1 Å². The average molecular weight is 536 g/mol. The summed E-state index contributed by atoms with van der Waals surface area (Å²) in [7, 11) is 3.60. The maximum absolute atomic E-state index is 10.8. The molecule has 0 radical (unpaired) electrons. The molecule has 0 spiro atoms. The molecule has 29 heavy (non-hydrogen) atoms. The molecule has 0 bridgehead atoms. The fourth-order valence-electron chi connectivity index (χ4n) is 1.65. The van der Waals surface area contributed by atoms with Gasteiger partial charge >= 0.3 is 10.1 Å². The predicted octanol–water partition coefficient (Wildman–Crippen LogP) is 4.63. The van der Waals surface area contributed by atoms with Gasteiger partial charge in [-0.25, -0.2) is 15.0 Å². The van der Waals surface area contributed by atoms with Gasteiger partial charge in [0.2, 0.25) is 0 Å². The highest BCUT2D eigenvalue weighted by Gasteiger charge is 2.06. The number of rotatable bonds is 2. The fraction of sp³-hybridized carbons (Fsp3) is 0.167. The zero-order valence-electron chi connectivity index (χ0n) is 14.5. The SMILES string of the molecule is Cn1cnc(-c2c[nH]c(=O)s2)n1.Cn1cnc(-c2cnc(Cl)s2)n1.O=P(Cl)(Cl)Cl. The van der Waals surface area contributed by atoms with Gasteiger partial charge in [-0.2, -0.15) is 10.2 Å². The van der Waals surface area contributed by atoms with Crippen LogP contribution in [0.4, 0.5) is 0 Å². The molecule has 0 fully saturated rings. The zero-order chi connectivity index (χ0) is 21.6. The highest BCUT2D eigenvalue weighted by molar-refractivity contribution is 8.24. The van der Waals surface area contributed by atoms with E-state index in [1.807, 2.05) is 7.05 Å². The number of hydrogen-bond donors (Lipinski definition) is 1. The standard InChI is InChI=1S/C6H5ClN4S.C6H6N4OS.Cl3OP/c1-11-3-9-5(10-11)4-2-8-6(7)12-4;1-10-3-8-5(9-10)4-2-7-6(11)12-4;1-5(2,3)4/h2-3H,1H3;2-3H,1H3,(H,7,11);.